The summed E-state index contributed by atoms with van der Waals surface area (Å²) in [6.45, 7) is 6.20. The van der Waals surface area contributed by atoms with E-state index >= 15 is 0 Å². The first kappa shape index (κ1) is 12.8. The monoisotopic (exact) mass is 243 g/mol. The Labute approximate surface area is 109 Å². The van der Waals surface area contributed by atoms with Crippen molar-refractivity contribution in [3.63, 3.8) is 0 Å². The maximum absolute atomic E-state index is 4.17. The number of aromatic nitrogens is 2. The Morgan fingerprint density at radius 2 is 1.89 bits per heavy atom. The van der Waals surface area contributed by atoms with Gasteiger partial charge in [0.05, 0.1) is 0 Å². The van der Waals surface area contributed by atoms with Crippen molar-refractivity contribution in [3.05, 3.63) is 52.8 Å². The zero-order valence-electron chi connectivity index (χ0n) is 11.4. The van der Waals surface area contributed by atoms with E-state index in [0.29, 0.717) is 0 Å². The van der Waals surface area contributed by atoms with Crippen molar-refractivity contribution in [2.75, 3.05) is 6.54 Å². The van der Waals surface area contributed by atoms with Crippen molar-refractivity contribution < 1.29 is 0 Å². The maximum Gasteiger partial charge on any atom is 0.0492 e. The number of nitrogens with one attached hydrogen (secondary N) is 1. The predicted molar refractivity (Wildman–Crippen MR) is 74.5 cm³/mol. The Bertz CT molecular complexity index is 494. The highest BCUT2D eigenvalue weighted by Gasteiger charge is 1.99. The molecule has 1 N–H and O–H groups in total. The zero-order valence-corrected chi connectivity index (χ0v) is 11.4. The number of rotatable bonds is 5. The van der Waals surface area contributed by atoms with E-state index in [4.69, 9.17) is 0 Å². The van der Waals surface area contributed by atoms with Crippen LogP contribution in [0.1, 0.15) is 22.4 Å². The van der Waals surface area contributed by atoms with E-state index in [9.17, 15) is 0 Å². The molecular formula is C15H21N3. The molecule has 1 aromatic carbocycles. The fourth-order valence-electron chi connectivity index (χ4n) is 2.27. The van der Waals surface area contributed by atoms with Gasteiger partial charge in [-0.3, -0.25) is 4.68 Å². The van der Waals surface area contributed by atoms with Gasteiger partial charge in [-0.15, -0.1) is 0 Å². The zero-order chi connectivity index (χ0) is 13.0. The van der Waals surface area contributed by atoms with E-state index in [1.54, 1.807) is 0 Å². The minimum atomic E-state index is 0.931. The number of aryl methyl sites for hydroxylation is 3. The SMILES string of the molecule is Cc1cc(C)cc(CNCCc2ccnn2C)c1. The molecule has 1 aromatic heterocycles. The summed E-state index contributed by atoms with van der Waals surface area (Å²) in [6, 6.07) is 8.76. The Morgan fingerprint density at radius 3 is 2.50 bits per heavy atom. The summed E-state index contributed by atoms with van der Waals surface area (Å²) in [4.78, 5) is 0. The van der Waals surface area contributed by atoms with E-state index in [2.05, 4.69) is 48.5 Å². The molecule has 0 saturated heterocycles. The van der Waals surface area contributed by atoms with E-state index in [1.165, 1.54) is 22.4 Å². The van der Waals surface area contributed by atoms with Crippen LogP contribution in [0.5, 0.6) is 0 Å². The topological polar surface area (TPSA) is 29.9 Å². The van der Waals surface area contributed by atoms with Crippen LogP contribution in [0, 0.1) is 13.8 Å². The average molecular weight is 243 g/mol. The largest absolute Gasteiger partial charge is 0.312 e. The highest BCUT2D eigenvalue weighted by atomic mass is 15.3. The number of benzene rings is 1. The number of nitrogens with zero attached hydrogens (tertiary/aromatic N) is 2. The minimum absolute atomic E-state index is 0.931. The Kier molecular flexibility index (Phi) is 4.15. The van der Waals surface area contributed by atoms with Crippen LogP contribution in [-0.4, -0.2) is 16.3 Å². The van der Waals surface area contributed by atoms with Gasteiger partial charge in [-0.1, -0.05) is 29.3 Å². The molecule has 3 nitrogen and oxygen atoms in total. The van der Waals surface area contributed by atoms with Crippen LogP contribution in [0.25, 0.3) is 0 Å². The van der Waals surface area contributed by atoms with Crippen molar-refractivity contribution in [2.24, 2.45) is 7.05 Å². The first-order valence-electron chi connectivity index (χ1n) is 6.40. The van der Waals surface area contributed by atoms with Crippen LogP contribution in [-0.2, 0) is 20.0 Å². The molecule has 0 amide bonds. The summed E-state index contributed by atoms with van der Waals surface area (Å²) < 4.78 is 1.93. The summed E-state index contributed by atoms with van der Waals surface area (Å²) in [5.74, 6) is 0. The Morgan fingerprint density at radius 1 is 1.17 bits per heavy atom. The normalized spacial score (nSPS) is 10.8. The second kappa shape index (κ2) is 5.83. The van der Waals surface area contributed by atoms with Crippen LogP contribution in [0.3, 0.4) is 0 Å². The van der Waals surface area contributed by atoms with Crippen molar-refractivity contribution in [3.8, 4) is 0 Å². The standard InChI is InChI=1S/C15H21N3/c1-12-8-13(2)10-14(9-12)11-16-6-4-15-5-7-17-18(15)3/h5,7-10,16H,4,6,11H2,1-3H3. The van der Waals surface area contributed by atoms with Crippen molar-refractivity contribution in [2.45, 2.75) is 26.8 Å². The van der Waals surface area contributed by atoms with Gasteiger partial charge in [-0.2, -0.15) is 5.10 Å². The van der Waals surface area contributed by atoms with Crippen LogP contribution in [0.15, 0.2) is 30.5 Å². The molecule has 0 radical (unpaired) electrons. The third-order valence-corrected chi connectivity index (χ3v) is 3.09. The van der Waals surface area contributed by atoms with Gasteiger partial charge >= 0.3 is 0 Å². The maximum atomic E-state index is 4.17. The molecule has 3 heteroatoms. The molecule has 96 valence electrons. The fraction of sp³-hybridized carbons (Fsp3) is 0.400. The average Bonchev–Trinajstić information content (AvgIpc) is 2.69. The lowest BCUT2D eigenvalue weighted by molar-refractivity contribution is 0.643. The Hall–Kier alpha value is -1.61. The van der Waals surface area contributed by atoms with Gasteiger partial charge in [0.25, 0.3) is 0 Å². The van der Waals surface area contributed by atoms with Crippen LogP contribution in [0.2, 0.25) is 0 Å². The lowest BCUT2D eigenvalue weighted by atomic mass is 10.1. The van der Waals surface area contributed by atoms with E-state index in [0.717, 1.165) is 19.5 Å². The molecule has 0 bridgehead atoms. The minimum Gasteiger partial charge on any atom is -0.312 e. The molecule has 0 unspecified atom stereocenters. The lowest BCUT2D eigenvalue weighted by Gasteiger charge is -2.07. The van der Waals surface area contributed by atoms with Crippen LogP contribution in [0.4, 0.5) is 0 Å². The highest BCUT2D eigenvalue weighted by Crippen LogP contribution is 2.08. The summed E-state index contributed by atoms with van der Waals surface area (Å²) >= 11 is 0. The first-order chi connectivity index (χ1) is 8.65. The molecular weight excluding hydrogens is 222 g/mol. The molecule has 0 aliphatic carbocycles. The molecule has 0 spiro atoms. The molecule has 0 saturated carbocycles. The molecule has 0 aliphatic heterocycles. The summed E-state index contributed by atoms with van der Waals surface area (Å²) in [6.07, 6.45) is 2.86. The van der Waals surface area contributed by atoms with Gasteiger partial charge in [0.1, 0.15) is 0 Å². The van der Waals surface area contributed by atoms with Gasteiger partial charge in [0.15, 0.2) is 0 Å². The molecule has 2 rings (SSSR count). The third kappa shape index (κ3) is 3.44. The van der Waals surface area contributed by atoms with Crippen LogP contribution < -0.4 is 5.32 Å². The summed E-state index contributed by atoms with van der Waals surface area (Å²) in [5.41, 5.74) is 5.29. The van der Waals surface area contributed by atoms with E-state index in [1.807, 2.05) is 17.9 Å². The fourth-order valence-corrected chi connectivity index (χ4v) is 2.27. The van der Waals surface area contributed by atoms with E-state index in [-0.39, 0.29) is 0 Å². The quantitative estimate of drug-likeness (QED) is 0.817. The van der Waals surface area contributed by atoms with Gasteiger partial charge in [0.2, 0.25) is 0 Å². The van der Waals surface area contributed by atoms with Gasteiger partial charge < -0.3 is 5.32 Å². The smallest absolute Gasteiger partial charge is 0.0492 e. The molecule has 0 fully saturated rings. The number of hydrogen-bond donors (Lipinski definition) is 1. The number of hydrogen-bond acceptors (Lipinski definition) is 2. The third-order valence-electron chi connectivity index (χ3n) is 3.09. The molecule has 0 aliphatic rings. The van der Waals surface area contributed by atoms with Gasteiger partial charge in [-0.05, 0) is 25.5 Å². The van der Waals surface area contributed by atoms with Crippen LogP contribution >= 0.6 is 0 Å². The van der Waals surface area contributed by atoms with Crippen molar-refractivity contribution >= 4 is 0 Å². The predicted octanol–water partition coefficient (Wildman–Crippen LogP) is 2.37. The highest BCUT2D eigenvalue weighted by molar-refractivity contribution is 5.28. The van der Waals surface area contributed by atoms with Crippen molar-refractivity contribution in [1.82, 2.24) is 15.1 Å². The molecule has 18 heavy (non-hydrogen) atoms. The van der Waals surface area contributed by atoms with Gasteiger partial charge in [0, 0.05) is 38.4 Å². The Balaban J connectivity index is 1.80. The lowest BCUT2D eigenvalue weighted by Crippen LogP contribution is -2.18. The second-order valence-corrected chi connectivity index (χ2v) is 4.87. The molecule has 0 atom stereocenters. The second-order valence-electron chi connectivity index (χ2n) is 4.87. The molecule has 1 heterocycles. The summed E-state index contributed by atoms with van der Waals surface area (Å²) in [5, 5.41) is 7.65. The van der Waals surface area contributed by atoms with E-state index < -0.39 is 0 Å². The first-order valence-corrected chi connectivity index (χ1v) is 6.40. The summed E-state index contributed by atoms with van der Waals surface area (Å²) in [7, 11) is 1.99. The van der Waals surface area contributed by atoms with Crippen molar-refractivity contribution in [1.29, 1.82) is 0 Å². The van der Waals surface area contributed by atoms with Gasteiger partial charge in [-0.25, -0.2) is 0 Å². The molecule has 2 aromatic rings.